The smallest absolute Gasteiger partial charge is 0.246 e. The minimum atomic E-state index is -1.02. The Balaban J connectivity index is 3.41. The Kier molecular flexibility index (Phi) is 10.6. The fourth-order valence-electron chi connectivity index (χ4n) is 1.38. The van der Waals surface area contributed by atoms with Crippen LogP contribution in [0.15, 0.2) is 0 Å². The van der Waals surface area contributed by atoms with Crippen LogP contribution in [0.25, 0.3) is 0 Å². The zero-order valence-corrected chi connectivity index (χ0v) is 14.0. The molecule has 0 aliphatic carbocycles. The normalized spacial score (nSPS) is 13.5. The molecule has 5 nitrogen and oxygen atoms in total. The number of hydrogen-bond donors (Lipinski definition) is 2. The Labute approximate surface area is 128 Å². The minimum Gasteiger partial charge on any atom is -0.378 e. The van der Waals surface area contributed by atoms with Gasteiger partial charge in [-0.15, -0.1) is 0 Å². The van der Waals surface area contributed by atoms with Gasteiger partial charge < -0.3 is 20.1 Å². The van der Waals surface area contributed by atoms with Crippen molar-refractivity contribution in [3.8, 4) is 0 Å². The quantitative estimate of drug-likeness (QED) is 0.570. The summed E-state index contributed by atoms with van der Waals surface area (Å²) in [4.78, 5) is 11.3. The second-order valence-electron chi connectivity index (χ2n) is 6.37. The van der Waals surface area contributed by atoms with Crippen molar-refractivity contribution in [2.75, 3.05) is 32.9 Å². The number of rotatable bonds is 11. The van der Waals surface area contributed by atoms with Crippen molar-refractivity contribution in [2.24, 2.45) is 0 Å². The highest BCUT2D eigenvalue weighted by atomic mass is 19.1. The van der Waals surface area contributed by atoms with Crippen molar-refractivity contribution in [1.29, 1.82) is 0 Å². The number of ether oxygens (including phenoxy) is 2. The number of amides is 1. The lowest BCUT2D eigenvalue weighted by atomic mass is 10.1. The molecule has 0 aromatic heterocycles. The number of carbonyl (C=O) groups is 1. The Bertz CT molecular complexity index is 281. The predicted octanol–water partition coefficient (Wildman–Crippen LogP) is 1.66. The van der Waals surface area contributed by atoms with Crippen LogP contribution in [0.2, 0.25) is 0 Å². The number of alkyl halides is 1. The van der Waals surface area contributed by atoms with Crippen LogP contribution >= 0.6 is 0 Å². The van der Waals surface area contributed by atoms with Crippen LogP contribution in [0.4, 0.5) is 4.39 Å². The lowest BCUT2D eigenvalue weighted by Gasteiger charge is -2.22. The van der Waals surface area contributed by atoms with Crippen molar-refractivity contribution < 1.29 is 18.7 Å². The highest BCUT2D eigenvalue weighted by Gasteiger charge is 2.13. The summed E-state index contributed by atoms with van der Waals surface area (Å²) in [5, 5.41) is 5.81. The summed E-state index contributed by atoms with van der Waals surface area (Å²) in [6.07, 6.45) is -0.312. The molecule has 1 atom stereocenters. The molecular formula is C15H31FN2O3. The highest BCUT2D eigenvalue weighted by molar-refractivity contribution is 5.77. The average Bonchev–Trinajstić information content (AvgIpc) is 2.37. The third kappa shape index (κ3) is 15.5. The SMILES string of the molecule is CC(C)OCC(=O)NCCCOCC(F)CNC(C)(C)C. The molecule has 0 fully saturated rings. The van der Waals surface area contributed by atoms with E-state index in [9.17, 15) is 9.18 Å². The van der Waals surface area contributed by atoms with Crippen molar-refractivity contribution in [3.05, 3.63) is 0 Å². The lowest BCUT2D eigenvalue weighted by Crippen LogP contribution is -2.40. The van der Waals surface area contributed by atoms with Gasteiger partial charge in [-0.1, -0.05) is 0 Å². The van der Waals surface area contributed by atoms with E-state index in [0.717, 1.165) is 0 Å². The first-order chi connectivity index (χ1) is 9.70. The summed E-state index contributed by atoms with van der Waals surface area (Å²) in [5.74, 6) is -0.138. The molecule has 0 bridgehead atoms. The molecule has 1 amide bonds. The van der Waals surface area contributed by atoms with Gasteiger partial charge in [0.15, 0.2) is 0 Å². The van der Waals surface area contributed by atoms with Gasteiger partial charge in [0.25, 0.3) is 0 Å². The molecule has 0 saturated heterocycles. The molecule has 0 heterocycles. The molecule has 0 aromatic rings. The average molecular weight is 306 g/mol. The summed E-state index contributed by atoms with van der Waals surface area (Å²) in [7, 11) is 0. The van der Waals surface area contributed by atoms with E-state index < -0.39 is 6.17 Å². The monoisotopic (exact) mass is 306 g/mol. The maximum absolute atomic E-state index is 13.5. The maximum Gasteiger partial charge on any atom is 0.246 e. The van der Waals surface area contributed by atoms with Crippen molar-refractivity contribution in [3.63, 3.8) is 0 Å². The van der Waals surface area contributed by atoms with Gasteiger partial charge in [0.1, 0.15) is 12.8 Å². The molecule has 0 radical (unpaired) electrons. The zero-order chi connectivity index (χ0) is 16.3. The van der Waals surface area contributed by atoms with Crippen molar-refractivity contribution in [2.45, 2.75) is 58.9 Å². The first-order valence-electron chi connectivity index (χ1n) is 7.56. The summed E-state index contributed by atoms with van der Waals surface area (Å²) < 4.78 is 23.9. The molecular weight excluding hydrogens is 275 g/mol. The molecule has 0 spiro atoms. The van der Waals surface area contributed by atoms with Crippen LogP contribution in [0.3, 0.4) is 0 Å². The topological polar surface area (TPSA) is 59.6 Å². The van der Waals surface area contributed by atoms with E-state index in [1.807, 2.05) is 34.6 Å². The number of nitrogens with one attached hydrogen (secondary N) is 2. The zero-order valence-electron chi connectivity index (χ0n) is 14.0. The molecule has 0 aromatic carbocycles. The number of hydrogen-bond acceptors (Lipinski definition) is 4. The molecule has 1 unspecified atom stereocenters. The second-order valence-corrected chi connectivity index (χ2v) is 6.37. The fraction of sp³-hybridized carbons (Fsp3) is 0.933. The molecule has 0 saturated carbocycles. The van der Waals surface area contributed by atoms with E-state index in [0.29, 0.717) is 19.6 Å². The highest BCUT2D eigenvalue weighted by Crippen LogP contribution is 2.00. The Morgan fingerprint density at radius 1 is 1.29 bits per heavy atom. The van der Waals surface area contributed by atoms with E-state index in [1.54, 1.807) is 0 Å². The van der Waals surface area contributed by atoms with E-state index in [2.05, 4.69) is 10.6 Å². The first-order valence-corrected chi connectivity index (χ1v) is 7.56. The Morgan fingerprint density at radius 2 is 1.95 bits per heavy atom. The van der Waals surface area contributed by atoms with Crippen LogP contribution < -0.4 is 10.6 Å². The predicted molar refractivity (Wildman–Crippen MR) is 82.2 cm³/mol. The molecule has 6 heteroatoms. The maximum atomic E-state index is 13.5. The van der Waals surface area contributed by atoms with Gasteiger partial charge in [-0.3, -0.25) is 4.79 Å². The van der Waals surface area contributed by atoms with Crippen LogP contribution in [0, 0.1) is 0 Å². The Morgan fingerprint density at radius 3 is 2.52 bits per heavy atom. The summed E-state index contributed by atoms with van der Waals surface area (Å²) in [6, 6.07) is 0. The summed E-state index contributed by atoms with van der Waals surface area (Å²) in [5.41, 5.74) is -0.0906. The largest absolute Gasteiger partial charge is 0.378 e. The van der Waals surface area contributed by atoms with Gasteiger partial charge in [0.05, 0.1) is 12.7 Å². The van der Waals surface area contributed by atoms with Gasteiger partial charge in [-0.25, -0.2) is 4.39 Å². The van der Waals surface area contributed by atoms with Crippen LogP contribution in [-0.2, 0) is 14.3 Å². The molecule has 126 valence electrons. The first kappa shape index (κ1) is 20.3. The third-order valence-corrected chi connectivity index (χ3v) is 2.49. The molecule has 21 heavy (non-hydrogen) atoms. The van der Waals surface area contributed by atoms with Gasteiger partial charge in [0, 0.05) is 25.2 Å². The van der Waals surface area contributed by atoms with Gasteiger partial charge in [-0.2, -0.15) is 0 Å². The van der Waals surface area contributed by atoms with Crippen LogP contribution in [-0.4, -0.2) is 56.6 Å². The summed E-state index contributed by atoms with van der Waals surface area (Å²) in [6.45, 7) is 11.1. The van der Waals surface area contributed by atoms with Gasteiger partial charge in [-0.05, 0) is 41.0 Å². The van der Waals surface area contributed by atoms with Crippen LogP contribution in [0.1, 0.15) is 41.0 Å². The fourth-order valence-corrected chi connectivity index (χ4v) is 1.38. The number of halogens is 1. The molecule has 0 rings (SSSR count). The Hall–Kier alpha value is -0.720. The lowest BCUT2D eigenvalue weighted by molar-refractivity contribution is -0.127. The van der Waals surface area contributed by atoms with Gasteiger partial charge in [0.2, 0.25) is 5.91 Å². The molecule has 0 aliphatic rings. The van der Waals surface area contributed by atoms with Crippen molar-refractivity contribution in [1.82, 2.24) is 10.6 Å². The van der Waals surface area contributed by atoms with E-state index >= 15 is 0 Å². The van der Waals surface area contributed by atoms with E-state index in [4.69, 9.17) is 9.47 Å². The second kappa shape index (κ2) is 10.9. The molecule has 0 aliphatic heterocycles. The van der Waals surface area contributed by atoms with Gasteiger partial charge >= 0.3 is 0 Å². The standard InChI is InChI=1S/C15H31FN2O3/c1-12(2)21-11-14(19)17-7-6-8-20-10-13(16)9-18-15(3,4)5/h12-13,18H,6-11H2,1-5H3,(H,17,19). The molecule has 2 N–H and O–H groups in total. The summed E-state index contributed by atoms with van der Waals surface area (Å²) >= 11 is 0. The van der Waals surface area contributed by atoms with Crippen molar-refractivity contribution >= 4 is 5.91 Å². The minimum absolute atomic E-state index is 0.0438. The van der Waals surface area contributed by atoms with Crippen LogP contribution in [0.5, 0.6) is 0 Å². The van der Waals surface area contributed by atoms with E-state index in [1.165, 1.54) is 0 Å². The van der Waals surface area contributed by atoms with E-state index in [-0.39, 0.29) is 37.3 Å². The number of carbonyl (C=O) groups excluding carboxylic acids is 1. The third-order valence-electron chi connectivity index (χ3n) is 2.49.